The Hall–Kier alpha value is -1.19. The van der Waals surface area contributed by atoms with Gasteiger partial charge in [-0.2, -0.15) is 0 Å². The topological polar surface area (TPSA) is 49.3 Å². The van der Waals surface area contributed by atoms with Gasteiger partial charge in [0.15, 0.2) is 5.78 Å². The maximum Gasteiger partial charge on any atom is 0.179 e. The normalized spacial score (nSPS) is 13.4. The molecule has 100 valence electrons. The van der Waals surface area contributed by atoms with E-state index in [-0.39, 0.29) is 18.4 Å². The van der Waals surface area contributed by atoms with Crippen LogP contribution in [0.15, 0.2) is 18.2 Å². The highest BCUT2D eigenvalue weighted by Crippen LogP contribution is 2.14. The zero-order valence-corrected chi connectivity index (χ0v) is 11.9. The van der Waals surface area contributed by atoms with Crippen LogP contribution in [0.25, 0.3) is 0 Å². The van der Waals surface area contributed by atoms with Gasteiger partial charge in [-0.15, -0.1) is 0 Å². The first-order valence-corrected chi connectivity index (χ1v) is 6.27. The number of aliphatic hydroxyl groups is 1. The second kappa shape index (κ2) is 5.63. The van der Waals surface area contributed by atoms with Gasteiger partial charge < -0.3 is 10.4 Å². The lowest BCUT2D eigenvalue weighted by molar-refractivity contribution is 0.0911. The molecule has 18 heavy (non-hydrogen) atoms. The Balaban J connectivity index is 2.87. The summed E-state index contributed by atoms with van der Waals surface area (Å²) in [7, 11) is 0. The third-order valence-electron chi connectivity index (χ3n) is 3.04. The quantitative estimate of drug-likeness (QED) is 0.787. The lowest BCUT2D eigenvalue weighted by atomic mass is 9.96. The Kier molecular flexibility index (Phi) is 4.65. The number of carbonyl (C=O) groups excluding carboxylic acids is 1. The molecule has 3 heteroatoms. The van der Waals surface area contributed by atoms with Crippen LogP contribution in [0.5, 0.6) is 0 Å². The van der Waals surface area contributed by atoms with E-state index < -0.39 is 5.54 Å². The smallest absolute Gasteiger partial charge is 0.179 e. The van der Waals surface area contributed by atoms with Crippen LogP contribution >= 0.6 is 0 Å². The van der Waals surface area contributed by atoms with E-state index in [1.807, 2.05) is 52.8 Å². The molecule has 0 aromatic heterocycles. The fourth-order valence-electron chi connectivity index (χ4n) is 2.02. The predicted molar refractivity (Wildman–Crippen MR) is 74.0 cm³/mol. The summed E-state index contributed by atoms with van der Waals surface area (Å²) in [5, 5.41) is 12.4. The van der Waals surface area contributed by atoms with Crippen LogP contribution in [0.4, 0.5) is 0 Å². The lowest BCUT2D eigenvalue weighted by Crippen LogP contribution is -2.50. The van der Waals surface area contributed by atoms with E-state index in [0.29, 0.717) is 0 Å². The zero-order chi connectivity index (χ0) is 13.9. The molecule has 0 saturated heterocycles. The second-order valence-electron chi connectivity index (χ2n) is 5.59. The van der Waals surface area contributed by atoms with Gasteiger partial charge in [-0.3, -0.25) is 4.79 Å². The number of aliphatic hydroxyl groups excluding tert-OH is 1. The SMILES string of the molecule is Cc1ccc(C(=O)C(C)NC(C)(C)CO)c(C)c1. The van der Waals surface area contributed by atoms with Crippen LogP contribution in [0.1, 0.15) is 42.3 Å². The third kappa shape index (κ3) is 3.65. The summed E-state index contributed by atoms with van der Waals surface area (Å²) in [5.74, 6) is 0.0639. The molecule has 1 rings (SSSR count). The molecule has 0 aliphatic rings. The summed E-state index contributed by atoms with van der Waals surface area (Å²) >= 11 is 0. The minimum atomic E-state index is -0.451. The average Bonchev–Trinajstić information content (AvgIpc) is 2.27. The number of hydrogen-bond acceptors (Lipinski definition) is 3. The van der Waals surface area contributed by atoms with Gasteiger partial charge >= 0.3 is 0 Å². The molecule has 0 spiro atoms. The average molecular weight is 249 g/mol. The van der Waals surface area contributed by atoms with Crippen molar-refractivity contribution in [1.29, 1.82) is 0 Å². The number of hydrogen-bond donors (Lipinski definition) is 2. The molecule has 0 fully saturated rings. The maximum absolute atomic E-state index is 12.3. The molecule has 1 aromatic carbocycles. The molecule has 0 radical (unpaired) electrons. The molecule has 0 aliphatic carbocycles. The van der Waals surface area contributed by atoms with Gasteiger partial charge in [-0.25, -0.2) is 0 Å². The van der Waals surface area contributed by atoms with Crippen molar-refractivity contribution in [3.63, 3.8) is 0 Å². The van der Waals surface area contributed by atoms with Crippen molar-refractivity contribution < 1.29 is 9.90 Å². The second-order valence-corrected chi connectivity index (χ2v) is 5.59. The first kappa shape index (κ1) is 14.9. The van der Waals surface area contributed by atoms with Crippen LogP contribution in [0, 0.1) is 13.8 Å². The lowest BCUT2D eigenvalue weighted by Gasteiger charge is -2.27. The maximum atomic E-state index is 12.3. The van der Waals surface area contributed by atoms with Crippen LogP contribution in [0.3, 0.4) is 0 Å². The predicted octanol–water partition coefficient (Wildman–Crippen LogP) is 2.24. The van der Waals surface area contributed by atoms with Gasteiger partial charge in [0, 0.05) is 11.1 Å². The van der Waals surface area contributed by atoms with E-state index in [4.69, 9.17) is 0 Å². The van der Waals surface area contributed by atoms with E-state index in [9.17, 15) is 9.90 Å². The summed E-state index contributed by atoms with van der Waals surface area (Å²) in [4.78, 5) is 12.3. The molecule has 0 aliphatic heterocycles. The molecule has 1 unspecified atom stereocenters. The monoisotopic (exact) mass is 249 g/mol. The van der Waals surface area contributed by atoms with Crippen molar-refractivity contribution in [3.8, 4) is 0 Å². The largest absolute Gasteiger partial charge is 0.394 e. The molecule has 0 amide bonds. The van der Waals surface area contributed by atoms with Crippen molar-refractivity contribution >= 4 is 5.78 Å². The standard InChI is InChI=1S/C15H23NO2/c1-10-6-7-13(11(2)8-10)14(18)12(3)16-15(4,5)9-17/h6-8,12,16-17H,9H2,1-5H3. The Morgan fingerprint density at radius 2 is 2.00 bits per heavy atom. The number of nitrogens with one attached hydrogen (secondary N) is 1. The molecule has 0 saturated carbocycles. The Labute approximate surface area is 109 Å². The number of aryl methyl sites for hydroxylation is 2. The molecule has 3 nitrogen and oxygen atoms in total. The van der Waals surface area contributed by atoms with Crippen LogP contribution in [0.2, 0.25) is 0 Å². The van der Waals surface area contributed by atoms with Crippen molar-refractivity contribution in [2.45, 2.75) is 46.2 Å². The van der Waals surface area contributed by atoms with Gasteiger partial charge in [0.25, 0.3) is 0 Å². The molecule has 1 aromatic rings. The van der Waals surface area contributed by atoms with Crippen LogP contribution < -0.4 is 5.32 Å². The van der Waals surface area contributed by atoms with Crippen molar-refractivity contribution in [1.82, 2.24) is 5.32 Å². The van der Waals surface area contributed by atoms with E-state index >= 15 is 0 Å². The van der Waals surface area contributed by atoms with Gasteiger partial charge in [-0.1, -0.05) is 23.8 Å². The van der Waals surface area contributed by atoms with E-state index in [2.05, 4.69) is 5.32 Å². The highest BCUT2D eigenvalue weighted by atomic mass is 16.3. The van der Waals surface area contributed by atoms with Gasteiger partial charge in [-0.05, 0) is 40.2 Å². The minimum Gasteiger partial charge on any atom is -0.394 e. The summed E-state index contributed by atoms with van der Waals surface area (Å²) in [6.45, 7) is 9.54. The molecule has 0 bridgehead atoms. The Bertz CT molecular complexity index is 438. The Morgan fingerprint density at radius 3 is 2.50 bits per heavy atom. The fourth-order valence-corrected chi connectivity index (χ4v) is 2.02. The van der Waals surface area contributed by atoms with Crippen LogP contribution in [-0.2, 0) is 0 Å². The molecular formula is C15H23NO2. The van der Waals surface area contributed by atoms with Gasteiger partial charge in [0.1, 0.15) is 0 Å². The van der Waals surface area contributed by atoms with E-state index in [1.165, 1.54) is 0 Å². The fraction of sp³-hybridized carbons (Fsp3) is 0.533. The van der Waals surface area contributed by atoms with E-state index in [0.717, 1.165) is 16.7 Å². The number of rotatable bonds is 5. The third-order valence-corrected chi connectivity index (χ3v) is 3.04. The molecule has 2 N–H and O–H groups in total. The number of Topliss-reactive ketones (excluding diaryl/α,β-unsaturated/α-hetero) is 1. The first-order chi connectivity index (χ1) is 8.26. The summed E-state index contributed by atoms with van der Waals surface area (Å²) in [6, 6.07) is 5.52. The van der Waals surface area contributed by atoms with Crippen molar-refractivity contribution in [3.05, 3.63) is 34.9 Å². The van der Waals surface area contributed by atoms with Crippen molar-refractivity contribution in [2.24, 2.45) is 0 Å². The number of carbonyl (C=O) groups is 1. The van der Waals surface area contributed by atoms with Crippen LogP contribution in [-0.4, -0.2) is 29.1 Å². The summed E-state index contributed by atoms with van der Waals surface area (Å²) in [5.41, 5.74) is 2.44. The molecule has 0 heterocycles. The molecule has 1 atom stereocenters. The molecular weight excluding hydrogens is 226 g/mol. The highest BCUT2D eigenvalue weighted by molar-refractivity contribution is 6.01. The van der Waals surface area contributed by atoms with Crippen molar-refractivity contribution in [2.75, 3.05) is 6.61 Å². The van der Waals surface area contributed by atoms with Gasteiger partial charge in [0.2, 0.25) is 0 Å². The van der Waals surface area contributed by atoms with Gasteiger partial charge in [0.05, 0.1) is 12.6 Å². The minimum absolute atomic E-state index is 0.00248. The number of benzene rings is 1. The summed E-state index contributed by atoms with van der Waals surface area (Å²) in [6.07, 6.45) is 0. The first-order valence-electron chi connectivity index (χ1n) is 6.27. The Morgan fingerprint density at radius 1 is 1.39 bits per heavy atom. The van der Waals surface area contributed by atoms with E-state index in [1.54, 1.807) is 0 Å². The highest BCUT2D eigenvalue weighted by Gasteiger charge is 2.24. The summed E-state index contributed by atoms with van der Waals surface area (Å²) < 4.78 is 0. The zero-order valence-electron chi connectivity index (χ0n) is 11.9. The number of ketones is 1.